The minimum absolute atomic E-state index is 0. The predicted octanol–water partition coefficient (Wildman–Crippen LogP) is 3.14. The Morgan fingerprint density at radius 3 is 2.52 bits per heavy atom. The molecule has 2 aliphatic rings. The third kappa shape index (κ3) is 5.54. The third-order valence-corrected chi connectivity index (χ3v) is 4.75. The van der Waals surface area contributed by atoms with E-state index in [4.69, 9.17) is 4.74 Å². The second-order valence-electron chi connectivity index (χ2n) is 6.79. The highest BCUT2D eigenvalue weighted by Crippen LogP contribution is 2.28. The van der Waals surface area contributed by atoms with Crippen molar-refractivity contribution >= 4 is 18.3 Å². The number of ether oxygens (including phenoxy) is 1. The fraction of sp³-hybridized carbons (Fsp3) is 0.611. The summed E-state index contributed by atoms with van der Waals surface area (Å²) < 4.78 is 31.6. The maximum Gasteiger partial charge on any atom is 0.263 e. The number of benzene rings is 1. The van der Waals surface area contributed by atoms with Crippen LogP contribution < -0.4 is 10.1 Å². The van der Waals surface area contributed by atoms with Crippen molar-refractivity contribution in [3.05, 3.63) is 29.8 Å². The number of halogens is 3. The van der Waals surface area contributed by atoms with E-state index in [2.05, 4.69) is 5.32 Å². The van der Waals surface area contributed by atoms with E-state index in [-0.39, 0.29) is 24.1 Å². The van der Waals surface area contributed by atoms with Crippen LogP contribution in [-0.2, 0) is 4.79 Å². The number of piperidine rings is 1. The van der Waals surface area contributed by atoms with Crippen LogP contribution in [0.4, 0.5) is 8.78 Å². The number of carbonyl (C=O) groups is 1. The fourth-order valence-corrected chi connectivity index (χ4v) is 3.02. The molecule has 140 valence electrons. The Kier molecular flexibility index (Phi) is 7.02. The Balaban J connectivity index is 0.00000225. The van der Waals surface area contributed by atoms with Gasteiger partial charge in [-0.2, -0.15) is 0 Å². The maximum absolute atomic E-state index is 13.2. The van der Waals surface area contributed by atoms with Gasteiger partial charge in [0.15, 0.2) is 17.7 Å². The summed E-state index contributed by atoms with van der Waals surface area (Å²) in [6, 6.07) is 3.78. The molecule has 0 radical (unpaired) electrons. The molecule has 7 heteroatoms. The highest BCUT2D eigenvalue weighted by atomic mass is 35.5. The number of nitrogens with zero attached hydrogens (tertiary/aromatic N) is 1. The predicted molar refractivity (Wildman–Crippen MR) is 94.0 cm³/mol. The van der Waals surface area contributed by atoms with Gasteiger partial charge in [-0.1, -0.05) is 0 Å². The van der Waals surface area contributed by atoms with Crippen LogP contribution in [-0.4, -0.2) is 42.6 Å². The zero-order chi connectivity index (χ0) is 17.1. The Hall–Kier alpha value is -1.40. The number of rotatable bonds is 6. The van der Waals surface area contributed by atoms with Gasteiger partial charge < -0.3 is 15.0 Å². The minimum Gasteiger partial charge on any atom is -0.481 e. The quantitative estimate of drug-likeness (QED) is 0.831. The highest BCUT2D eigenvalue weighted by Gasteiger charge is 2.28. The topological polar surface area (TPSA) is 41.6 Å². The molecule has 1 heterocycles. The first-order chi connectivity index (χ1) is 11.5. The molecule has 4 nitrogen and oxygen atoms in total. The van der Waals surface area contributed by atoms with E-state index < -0.39 is 17.7 Å². The first kappa shape index (κ1) is 19.9. The smallest absolute Gasteiger partial charge is 0.263 e. The Morgan fingerprint density at radius 2 is 1.92 bits per heavy atom. The van der Waals surface area contributed by atoms with E-state index in [9.17, 15) is 13.6 Å². The molecule has 1 saturated heterocycles. The molecule has 1 aromatic rings. The van der Waals surface area contributed by atoms with Crippen molar-refractivity contribution in [3.8, 4) is 5.75 Å². The van der Waals surface area contributed by atoms with Crippen LogP contribution in [0.25, 0.3) is 0 Å². The average Bonchev–Trinajstić information content (AvgIpc) is 3.40. The van der Waals surface area contributed by atoms with Gasteiger partial charge in [0, 0.05) is 25.2 Å². The van der Waals surface area contributed by atoms with Crippen molar-refractivity contribution in [2.24, 2.45) is 5.92 Å². The normalized spacial score (nSPS) is 19.2. The Labute approximate surface area is 153 Å². The first-order valence-corrected chi connectivity index (χ1v) is 8.67. The largest absolute Gasteiger partial charge is 0.481 e. The van der Waals surface area contributed by atoms with Crippen LogP contribution in [0.15, 0.2) is 18.2 Å². The van der Waals surface area contributed by atoms with Gasteiger partial charge in [0.1, 0.15) is 5.75 Å². The lowest BCUT2D eigenvalue weighted by atomic mass is 10.0. The molecule has 0 spiro atoms. The van der Waals surface area contributed by atoms with E-state index in [1.807, 2.05) is 0 Å². The standard InChI is InChI=1S/C18H24F2N2O2.ClH/c1-12(24-15-4-5-16(19)17(20)10-15)18(23)22-8-6-14(7-9-22)21-11-13-2-3-13;/h4-5,10,12-14,21H,2-3,6-9,11H2,1H3;1H. The lowest BCUT2D eigenvalue weighted by Gasteiger charge is -2.34. The molecule has 1 atom stereocenters. The molecule has 2 fully saturated rings. The summed E-state index contributed by atoms with van der Waals surface area (Å²) in [5.74, 6) is -0.998. The Bertz CT molecular complexity index is 590. The summed E-state index contributed by atoms with van der Waals surface area (Å²) in [4.78, 5) is 14.2. The number of carbonyl (C=O) groups excluding carboxylic acids is 1. The molecule has 0 aromatic heterocycles. The van der Waals surface area contributed by atoms with Crippen molar-refractivity contribution in [1.29, 1.82) is 0 Å². The molecule has 1 aromatic carbocycles. The van der Waals surface area contributed by atoms with Crippen LogP contribution in [0.1, 0.15) is 32.6 Å². The summed E-state index contributed by atoms with van der Waals surface area (Å²) >= 11 is 0. The summed E-state index contributed by atoms with van der Waals surface area (Å²) in [6.45, 7) is 4.13. The molecule has 1 saturated carbocycles. The van der Waals surface area contributed by atoms with Crippen molar-refractivity contribution in [3.63, 3.8) is 0 Å². The summed E-state index contributed by atoms with van der Waals surface area (Å²) in [7, 11) is 0. The van der Waals surface area contributed by atoms with E-state index >= 15 is 0 Å². The van der Waals surface area contributed by atoms with Gasteiger partial charge in [0.2, 0.25) is 0 Å². The van der Waals surface area contributed by atoms with E-state index in [1.165, 1.54) is 18.9 Å². The second-order valence-corrected chi connectivity index (χ2v) is 6.79. The Morgan fingerprint density at radius 1 is 1.24 bits per heavy atom. The lowest BCUT2D eigenvalue weighted by molar-refractivity contribution is -0.139. The SMILES string of the molecule is CC(Oc1ccc(F)c(F)c1)C(=O)N1CCC(NCC2CC2)CC1.Cl. The molecular formula is C18H25ClF2N2O2. The second kappa shape index (κ2) is 8.81. The molecule has 1 aliphatic heterocycles. The third-order valence-electron chi connectivity index (χ3n) is 4.75. The summed E-state index contributed by atoms with van der Waals surface area (Å²) in [5.41, 5.74) is 0. The van der Waals surface area contributed by atoms with Gasteiger partial charge in [-0.3, -0.25) is 4.79 Å². The molecule has 25 heavy (non-hydrogen) atoms. The number of likely N-dealkylation sites (tertiary alicyclic amines) is 1. The van der Waals surface area contributed by atoms with Crippen molar-refractivity contribution in [2.45, 2.75) is 44.8 Å². The molecule has 0 bridgehead atoms. The zero-order valence-corrected chi connectivity index (χ0v) is 15.2. The summed E-state index contributed by atoms with van der Waals surface area (Å²) in [5, 5.41) is 3.58. The highest BCUT2D eigenvalue weighted by molar-refractivity contribution is 5.85. The zero-order valence-electron chi connectivity index (χ0n) is 14.3. The number of hydrogen-bond acceptors (Lipinski definition) is 3. The van der Waals surface area contributed by atoms with E-state index in [0.29, 0.717) is 19.1 Å². The van der Waals surface area contributed by atoms with Crippen LogP contribution in [0.5, 0.6) is 5.75 Å². The van der Waals surface area contributed by atoms with Gasteiger partial charge >= 0.3 is 0 Å². The van der Waals surface area contributed by atoms with Crippen molar-refractivity contribution < 1.29 is 18.3 Å². The van der Waals surface area contributed by atoms with Crippen molar-refractivity contribution in [1.82, 2.24) is 10.2 Å². The number of amides is 1. The molecule has 1 N–H and O–H groups in total. The van der Waals surface area contributed by atoms with Crippen molar-refractivity contribution in [2.75, 3.05) is 19.6 Å². The van der Waals surface area contributed by atoms with Gasteiger partial charge in [0.25, 0.3) is 5.91 Å². The van der Waals surface area contributed by atoms with Crippen LogP contribution in [0, 0.1) is 17.6 Å². The average molecular weight is 375 g/mol. The fourth-order valence-electron chi connectivity index (χ4n) is 3.02. The minimum atomic E-state index is -0.977. The van der Waals surface area contributed by atoms with Crippen LogP contribution in [0.3, 0.4) is 0 Å². The molecule has 1 unspecified atom stereocenters. The maximum atomic E-state index is 13.2. The number of hydrogen-bond donors (Lipinski definition) is 1. The number of nitrogens with one attached hydrogen (secondary N) is 1. The molecular weight excluding hydrogens is 350 g/mol. The van der Waals surface area contributed by atoms with E-state index in [0.717, 1.165) is 37.4 Å². The summed E-state index contributed by atoms with van der Waals surface area (Å²) in [6.07, 6.45) is 3.84. The molecule has 3 rings (SSSR count). The van der Waals surface area contributed by atoms with Gasteiger partial charge in [0.05, 0.1) is 0 Å². The van der Waals surface area contributed by atoms with Gasteiger partial charge in [-0.15, -0.1) is 12.4 Å². The lowest BCUT2D eigenvalue weighted by Crippen LogP contribution is -2.48. The molecule has 1 amide bonds. The monoisotopic (exact) mass is 374 g/mol. The van der Waals surface area contributed by atoms with Crippen LogP contribution in [0.2, 0.25) is 0 Å². The van der Waals surface area contributed by atoms with Gasteiger partial charge in [-0.05, 0) is 57.2 Å². The van der Waals surface area contributed by atoms with Gasteiger partial charge in [-0.25, -0.2) is 8.78 Å². The first-order valence-electron chi connectivity index (χ1n) is 8.67. The van der Waals surface area contributed by atoms with E-state index in [1.54, 1.807) is 11.8 Å². The van der Waals surface area contributed by atoms with Crippen LogP contribution >= 0.6 is 12.4 Å². The molecule has 1 aliphatic carbocycles.